The SMILES string of the molecule is CC[C@@H](Oc1cccc(C)c1C)C(=O)NCCc1ccc(OC)cc1. The molecule has 0 aromatic heterocycles. The number of aryl methyl sites for hydroxylation is 1. The number of methoxy groups -OCH3 is 1. The van der Waals surface area contributed by atoms with Gasteiger partial charge in [0.25, 0.3) is 5.91 Å². The van der Waals surface area contributed by atoms with E-state index in [1.807, 2.05) is 63.2 Å². The molecule has 0 saturated heterocycles. The molecule has 134 valence electrons. The van der Waals surface area contributed by atoms with Crippen LogP contribution >= 0.6 is 0 Å². The number of rotatable bonds is 8. The van der Waals surface area contributed by atoms with Gasteiger partial charge in [0, 0.05) is 6.54 Å². The lowest BCUT2D eigenvalue weighted by Crippen LogP contribution is -2.39. The van der Waals surface area contributed by atoms with E-state index in [0.29, 0.717) is 13.0 Å². The van der Waals surface area contributed by atoms with Crippen LogP contribution in [0.3, 0.4) is 0 Å². The second-order valence-corrected chi connectivity index (χ2v) is 6.10. The van der Waals surface area contributed by atoms with Crippen LogP contribution in [-0.2, 0) is 11.2 Å². The molecular formula is C21H27NO3. The summed E-state index contributed by atoms with van der Waals surface area (Å²) in [6.07, 6.45) is 0.925. The molecule has 4 nitrogen and oxygen atoms in total. The van der Waals surface area contributed by atoms with Gasteiger partial charge < -0.3 is 14.8 Å². The lowest BCUT2D eigenvalue weighted by atomic mass is 10.1. The lowest BCUT2D eigenvalue weighted by molar-refractivity contribution is -0.128. The molecule has 0 aliphatic rings. The molecule has 4 heteroatoms. The van der Waals surface area contributed by atoms with Crippen LogP contribution in [0.15, 0.2) is 42.5 Å². The number of amides is 1. The summed E-state index contributed by atoms with van der Waals surface area (Å²) in [7, 11) is 1.65. The Balaban J connectivity index is 1.87. The van der Waals surface area contributed by atoms with Gasteiger partial charge in [-0.1, -0.05) is 31.2 Å². The largest absolute Gasteiger partial charge is 0.497 e. The summed E-state index contributed by atoms with van der Waals surface area (Å²) in [6.45, 7) is 6.59. The monoisotopic (exact) mass is 341 g/mol. The Bertz CT molecular complexity index is 695. The molecule has 1 N–H and O–H groups in total. The molecule has 0 heterocycles. The normalized spacial score (nSPS) is 11.7. The predicted octanol–water partition coefficient (Wildman–Crippen LogP) is 3.83. The van der Waals surface area contributed by atoms with Crippen LogP contribution in [-0.4, -0.2) is 25.7 Å². The maximum Gasteiger partial charge on any atom is 0.261 e. The van der Waals surface area contributed by atoms with Crippen molar-refractivity contribution < 1.29 is 14.3 Å². The minimum Gasteiger partial charge on any atom is -0.497 e. The maximum atomic E-state index is 12.4. The van der Waals surface area contributed by atoms with Gasteiger partial charge in [-0.25, -0.2) is 0 Å². The standard InChI is InChI=1S/C21H27NO3/c1-5-19(25-20-8-6-7-15(2)16(20)3)21(23)22-14-13-17-9-11-18(24-4)12-10-17/h6-12,19H,5,13-14H2,1-4H3,(H,22,23)/t19-/m1/s1. The van der Waals surface area contributed by atoms with Crippen LogP contribution in [0, 0.1) is 13.8 Å². The first-order chi connectivity index (χ1) is 12.0. The third-order valence-corrected chi connectivity index (χ3v) is 4.36. The van der Waals surface area contributed by atoms with Crippen molar-refractivity contribution in [2.45, 2.75) is 39.7 Å². The van der Waals surface area contributed by atoms with Crippen molar-refractivity contribution in [3.8, 4) is 11.5 Å². The molecule has 2 rings (SSSR count). The predicted molar refractivity (Wildman–Crippen MR) is 100 cm³/mol. The smallest absolute Gasteiger partial charge is 0.261 e. The van der Waals surface area contributed by atoms with Gasteiger partial charge in [0.1, 0.15) is 11.5 Å². The quantitative estimate of drug-likeness (QED) is 0.794. The fourth-order valence-corrected chi connectivity index (χ4v) is 2.56. The van der Waals surface area contributed by atoms with Crippen molar-refractivity contribution in [2.24, 2.45) is 0 Å². The Morgan fingerprint density at radius 1 is 1.12 bits per heavy atom. The van der Waals surface area contributed by atoms with E-state index in [2.05, 4.69) is 5.32 Å². The molecule has 0 spiro atoms. The molecule has 0 radical (unpaired) electrons. The zero-order valence-electron chi connectivity index (χ0n) is 15.5. The van der Waals surface area contributed by atoms with E-state index >= 15 is 0 Å². The summed E-state index contributed by atoms with van der Waals surface area (Å²) in [6, 6.07) is 13.8. The number of hydrogen-bond acceptors (Lipinski definition) is 3. The van der Waals surface area contributed by atoms with Gasteiger partial charge in [-0.15, -0.1) is 0 Å². The van der Waals surface area contributed by atoms with Gasteiger partial charge in [0.2, 0.25) is 0 Å². The van der Waals surface area contributed by atoms with Gasteiger partial charge in [0.15, 0.2) is 6.10 Å². The van der Waals surface area contributed by atoms with E-state index in [0.717, 1.165) is 34.6 Å². The number of hydrogen-bond donors (Lipinski definition) is 1. The van der Waals surface area contributed by atoms with E-state index in [4.69, 9.17) is 9.47 Å². The van der Waals surface area contributed by atoms with Crippen LogP contribution in [0.25, 0.3) is 0 Å². The molecule has 0 saturated carbocycles. The highest BCUT2D eigenvalue weighted by Crippen LogP contribution is 2.22. The fourth-order valence-electron chi connectivity index (χ4n) is 2.56. The van der Waals surface area contributed by atoms with Crippen molar-refractivity contribution >= 4 is 5.91 Å². The van der Waals surface area contributed by atoms with Gasteiger partial charge >= 0.3 is 0 Å². The molecule has 0 bridgehead atoms. The van der Waals surface area contributed by atoms with Crippen LogP contribution in [0.2, 0.25) is 0 Å². The van der Waals surface area contributed by atoms with Gasteiger partial charge in [-0.05, 0) is 61.6 Å². The fraction of sp³-hybridized carbons (Fsp3) is 0.381. The summed E-state index contributed by atoms with van der Waals surface area (Å²) < 4.78 is 11.1. The molecule has 1 atom stereocenters. The summed E-state index contributed by atoms with van der Waals surface area (Å²) in [4.78, 5) is 12.4. The van der Waals surface area contributed by atoms with Crippen LogP contribution in [0.5, 0.6) is 11.5 Å². The molecule has 0 aliphatic carbocycles. The zero-order chi connectivity index (χ0) is 18.2. The summed E-state index contributed by atoms with van der Waals surface area (Å²) in [5.41, 5.74) is 3.39. The van der Waals surface area contributed by atoms with E-state index in [-0.39, 0.29) is 5.91 Å². The van der Waals surface area contributed by atoms with Crippen molar-refractivity contribution in [1.82, 2.24) is 5.32 Å². The average molecular weight is 341 g/mol. The summed E-state index contributed by atoms with van der Waals surface area (Å²) >= 11 is 0. The van der Waals surface area contributed by atoms with E-state index in [1.165, 1.54) is 0 Å². The van der Waals surface area contributed by atoms with Gasteiger partial charge in [-0.2, -0.15) is 0 Å². The lowest BCUT2D eigenvalue weighted by Gasteiger charge is -2.19. The molecule has 0 unspecified atom stereocenters. The second-order valence-electron chi connectivity index (χ2n) is 6.10. The first-order valence-electron chi connectivity index (χ1n) is 8.68. The third-order valence-electron chi connectivity index (χ3n) is 4.36. The van der Waals surface area contributed by atoms with Crippen LogP contribution in [0.4, 0.5) is 0 Å². The van der Waals surface area contributed by atoms with Crippen molar-refractivity contribution in [3.63, 3.8) is 0 Å². The molecule has 25 heavy (non-hydrogen) atoms. The van der Waals surface area contributed by atoms with E-state index in [1.54, 1.807) is 7.11 Å². The first kappa shape index (κ1) is 18.8. The number of nitrogens with one attached hydrogen (secondary N) is 1. The Morgan fingerprint density at radius 3 is 2.48 bits per heavy atom. The Hall–Kier alpha value is -2.49. The van der Waals surface area contributed by atoms with Crippen LogP contribution < -0.4 is 14.8 Å². The Kier molecular flexibility index (Phi) is 6.87. The Labute approximate surface area is 150 Å². The highest BCUT2D eigenvalue weighted by molar-refractivity contribution is 5.81. The Morgan fingerprint density at radius 2 is 1.84 bits per heavy atom. The molecule has 0 aliphatic heterocycles. The average Bonchev–Trinajstić information content (AvgIpc) is 2.63. The topological polar surface area (TPSA) is 47.6 Å². The number of benzene rings is 2. The first-order valence-corrected chi connectivity index (χ1v) is 8.68. The molecule has 1 amide bonds. The summed E-state index contributed by atoms with van der Waals surface area (Å²) in [5, 5.41) is 2.97. The molecule has 2 aromatic carbocycles. The van der Waals surface area contributed by atoms with E-state index in [9.17, 15) is 4.79 Å². The van der Waals surface area contributed by atoms with Gasteiger partial charge in [0.05, 0.1) is 7.11 Å². The van der Waals surface area contributed by atoms with Crippen molar-refractivity contribution in [2.75, 3.05) is 13.7 Å². The maximum absolute atomic E-state index is 12.4. The molecule has 0 fully saturated rings. The third kappa shape index (κ3) is 5.24. The highest BCUT2D eigenvalue weighted by Gasteiger charge is 2.19. The van der Waals surface area contributed by atoms with Gasteiger partial charge in [-0.3, -0.25) is 4.79 Å². The zero-order valence-corrected chi connectivity index (χ0v) is 15.5. The number of carbonyl (C=O) groups is 1. The minimum atomic E-state index is -0.476. The van der Waals surface area contributed by atoms with Crippen molar-refractivity contribution in [3.05, 3.63) is 59.2 Å². The summed E-state index contributed by atoms with van der Waals surface area (Å²) in [5.74, 6) is 1.54. The second kappa shape index (κ2) is 9.11. The minimum absolute atomic E-state index is 0.0723. The number of carbonyl (C=O) groups excluding carboxylic acids is 1. The highest BCUT2D eigenvalue weighted by atomic mass is 16.5. The molecular weight excluding hydrogens is 314 g/mol. The van der Waals surface area contributed by atoms with E-state index < -0.39 is 6.10 Å². The molecule has 2 aromatic rings. The van der Waals surface area contributed by atoms with Crippen molar-refractivity contribution in [1.29, 1.82) is 0 Å². The number of ether oxygens (including phenoxy) is 2. The van der Waals surface area contributed by atoms with Crippen LogP contribution in [0.1, 0.15) is 30.0 Å².